The molecule has 2 heterocycles. The zero-order valence-corrected chi connectivity index (χ0v) is 12.3. The first-order valence-corrected chi connectivity index (χ1v) is 6.94. The Morgan fingerprint density at radius 1 is 1.28 bits per heavy atom. The first-order valence-electron chi connectivity index (χ1n) is 6.94. The average molecular weight is 250 g/mol. The number of piperazine rings is 1. The number of rotatable bonds is 3. The molecule has 2 atom stereocenters. The second kappa shape index (κ2) is 5.41. The molecule has 4 nitrogen and oxygen atoms in total. The molecule has 102 valence electrons. The Morgan fingerprint density at radius 2 is 1.89 bits per heavy atom. The van der Waals surface area contributed by atoms with E-state index in [9.17, 15) is 0 Å². The molecule has 18 heavy (non-hydrogen) atoms. The van der Waals surface area contributed by atoms with E-state index in [0.717, 1.165) is 19.6 Å². The number of hydrogen-bond acceptors (Lipinski definition) is 3. The molecule has 1 fully saturated rings. The maximum Gasteiger partial charge on any atom is 0.0534 e. The first kappa shape index (κ1) is 13.6. The van der Waals surface area contributed by atoms with Gasteiger partial charge in [-0.1, -0.05) is 0 Å². The second-order valence-electron chi connectivity index (χ2n) is 6.01. The number of aromatic nitrogens is 2. The van der Waals surface area contributed by atoms with Crippen molar-refractivity contribution in [3.05, 3.63) is 18.0 Å². The van der Waals surface area contributed by atoms with Crippen LogP contribution in [-0.4, -0.2) is 51.8 Å². The summed E-state index contributed by atoms with van der Waals surface area (Å²) < 4.78 is 2.04. The van der Waals surface area contributed by atoms with Gasteiger partial charge in [-0.2, -0.15) is 5.10 Å². The van der Waals surface area contributed by atoms with Crippen LogP contribution in [0.5, 0.6) is 0 Å². The van der Waals surface area contributed by atoms with E-state index in [1.807, 2.05) is 10.9 Å². The maximum atomic E-state index is 4.43. The van der Waals surface area contributed by atoms with Crippen LogP contribution in [0.25, 0.3) is 0 Å². The zero-order chi connectivity index (χ0) is 13.3. The van der Waals surface area contributed by atoms with Crippen LogP contribution in [0.2, 0.25) is 0 Å². The lowest BCUT2D eigenvalue weighted by molar-refractivity contribution is 0.0458. The fourth-order valence-electron chi connectivity index (χ4n) is 2.88. The summed E-state index contributed by atoms with van der Waals surface area (Å²) >= 11 is 0. The van der Waals surface area contributed by atoms with Crippen LogP contribution in [0.15, 0.2) is 12.4 Å². The van der Waals surface area contributed by atoms with E-state index in [0.29, 0.717) is 18.1 Å². The quantitative estimate of drug-likeness (QED) is 0.820. The fraction of sp³-hybridized carbons (Fsp3) is 0.786. The molecule has 1 aromatic heterocycles. The summed E-state index contributed by atoms with van der Waals surface area (Å²) in [6.45, 7) is 12.3. The van der Waals surface area contributed by atoms with Crippen LogP contribution in [0.4, 0.5) is 0 Å². The standard InChI is InChI=1S/C14H26N4/c1-11(2)18-10-14(6-15-18)9-17-12(3)7-16(5)8-13(17)4/h6,10-13H,7-9H2,1-5H3/t12-,13-/m0/s1. The molecule has 1 aliphatic rings. The fourth-order valence-corrected chi connectivity index (χ4v) is 2.88. The predicted molar refractivity (Wildman–Crippen MR) is 74.6 cm³/mol. The molecule has 0 aromatic carbocycles. The van der Waals surface area contributed by atoms with Gasteiger partial charge < -0.3 is 4.90 Å². The largest absolute Gasteiger partial charge is 0.303 e. The molecule has 1 aliphatic heterocycles. The van der Waals surface area contributed by atoms with E-state index in [2.05, 4.69) is 55.8 Å². The monoisotopic (exact) mass is 250 g/mol. The Labute approximate surface area is 111 Å². The van der Waals surface area contributed by atoms with Gasteiger partial charge in [-0.15, -0.1) is 0 Å². The summed E-state index contributed by atoms with van der Waals surface area (Å²) in [6.07, 6.45) is 4.19. The van der Waals surface area contributed by atoms with Crippen LogP contribution in [0.3, 0.4) is 0 Å². The molecular formula is C14H26N4. The first-order chi connectivity index (χ1) is 8.47. The van der Waals surface area contributed by atoms with Gasteiger partial charge in [-0.25, -0.2) is 0 Å². The molecule has 1 saturated heterocycles. The van der Waals surface area contributed by atoms with Crippen molar-refractivity contribution in [1.29, 1.82) is 0 Å². The van der Waals surface area contributed by atoms with Gasteiger partial charge in [0.15, 0.2) is 0 Å². The molecular weight excluding hydrogens is 224 g/mol. The minimum absolute atomic E-state index is 0.445. The Kier molecular flexibility index (Phi) is 4.07. The van der Waals surface area contributed by atoms with Crippen LogP contribution in [0.1, 0.15) is 39.3 Å². The smallest absolute Gasteiger partial charge is 0.0534 e. The number of likely N-dealkylation sites (N-methyl/N-ethyl adjacent to an activating group) is 1. The van der Waals surface area contributed by atoms with Crippen molar-refractivity contribution in [2.75, 3.05) is 20.1 Å². The van der Waals surface area contributed by atoms with Gasteiger partial charge in [0.05, 0.1) is 6.20 Å². The third-order valence-electron chi connectivity index (χ3n) is 3.83. The molecule has 0 N–H and O–H groups in total. The summed E-state index contributed by atoms with van der Waals surface area (Å²) in [5.41, 5.74) is 1.33. The molecule has 2 rings (SSSR count). The Bertz CT molecular complexity index is 373. The van der Waals surface area contributed by atoms with E-state index in [1.54, 1.807) is 0 Å². The van der Waals surface area contributed by atoms with Crippen molar-refractivity contribution in [2.24, 2.45) is 0 Å². The van der Waals surface area contributed by atoms with Crippen molar-refractivity contribution < 1.29 is 0 Å². The lowest BCUT2D eigenvalue weighted by Gasteiger charge is -2.43. The van der Waals surface area contributed by atoms with Crippen molar-refractivity contribution in [2.45, 2.75) is 52.4 Å². The van der Waals surface area contributed by atoms with E-state index < -0.39 is 0 Å². The van der Waals surface area contributed by atoms with Crippen LogP contribution in [0, 0.1) is 0 Å². The molecule has 0 bridgehead atoms. The Morgan fingerprint density at radius 3 is 2.39 bits per heavy atom. The van der Waals surface area contributed by atoms with Crippen molar-refractivity contribution in [3.63, 3.8) is 0 Å². The highest BCUT2D eigenvalue weighted by molar-refractivity contribution is 5.05. The topological polar surface area (TPSA) is 24.3 Å². The number of hydrogen-bond donors (Lipinski definition) is 0. The van der Waals surface area contributed by atoms with E-state index in [1.165, 1.54) is 5.56 Å². The Balaban J connectivity index is 2.03. The summed E-state index contributed by atoms with van der Waals surface area (Å²) in [5, 5.41) is 4.43. The molecule has 0 saturated carbocycles. The molecule has 0 radical (unpaired) electrons. The molecule has 0 amide bonds. The molecule has 1 aromatic rings. The highest BCUT2D eigenvalue weighted by Gasteiger charge is 2.27. The lowest BCUT2D eigenvalue weighted by atomic mass is 10.1. The van der Waals surface area contributed by atoms with E-state index in [-0.39, 0.29) is 0 Å². The van der Waals surface area contributed by atoms with Crippen molar-refractivity contribution >= 4 is 0 Å². The SMILES string of the molecule is CC(C)n1cc(CN2[C@@H](C)CN(C)C[C@@H]2C)cn1. The van der Waals surface area contributed by atoms with Gasteiger partial charge in [0.2, 0.25) is 0 Å². The molecule has 0 spiro atoms. The van der Waals surface area contributed by atoms with E-state index in [4.69, 9.17) is 0 Å². The van der Waals surface area contributed by atoms with Crippen molar-refractivity contribution in [1.82, 2.24) is 19.6 Å². The normalized spacial score (nSPS) is 27.0. The van der Waals surface area contributed by atoms with E-state index >= 15 is 0 Å². The van der Waals surface area contributed by atoms with Crippen LogP contribution >= 0.6 is 0 Å². The third kappa shape index (κ3) is 2.93. The minimum atomic E-state index is 0.445. The van der Waals surface area contributed by atoms with Gasteiger partial charge in [0, 0.05) is 49.5 Å². The zero-order valence-electron chi connectivity index (χ0n) is 12.3. The van der Waals surface area contributed by atoms with Gasteiger partial charge in [0.1, 0.15) is 0 Å². The lowest BCUT2D eigenvalue weighted by Crippen LogP contribution is -2.54. The summed E-state index contributed by atoms with van der Waals surface area (Å²) in [6, 6.07) is 1.67. The third-order valence-corrected chi connectivity index (χ3v) is 3.83. The minimum Gasteiger partial charge on any atom is -0.303 e. The van der Waals surface area contributed by atoms with Gasteiger partial charge >= 0.3 is 0 Å². The maximum absolute atomic E-state index is 4.43. The summed E-state index contributed by atoms with van der Waals surface area (Å²) in [5.74, 6) is 0. The van der Waals surface area contributed by atoms with Crippen LogP contribution < -0.4 is 0 Å². The number of nitrogens with zero attached hydrogens (tertiary/aromatic N) is 4. The van der Waals surface area contributed by atoms with Crippen molar-refractivity contribution in [3.8, 4) is 0 Å². The van der Waals surface area contributed by atoms with Gasteiger partial charge in [0.25, 0.3) is 0 Å². The summed E-state index contributed by atoms with van der Waals surface area (Å²) in [7, 11) is 2.21. The predicted octanol–water partition coefficient (Wildman–Crippen LogP) is 1.99. The highest BCUT2D eigenvalue weighted by atomic mass is 15.3. The molecule has 0 unspecified atom stereocenters. The Hall–Kier alpha value is -0.870. The second-order valence-corrected chi connectivity index (χ2v) is 6.01. The molecule has 0 aliphatic carbocycles. The van der Waals surface area contributed by atoms with Gasteiger partial charge in [-0.05, 0) is 34.7 Å². The highest BCUT2D eigenvalue weighted by Crippen LogP contribution is 2.18. The molecule has 4 heteroatoms. The summed E-state index contributed by atoms with van der Waals surface area (Å²) in [4.78, 5) is 5.01. The average Bonchev–Trinajstić information content (AvgIpc) is 2.71. The van der Waals surface area contributed by atoms with Crippen LogP contribution in [-0.2, 0) is 6.54 Å². The van der Waals surface area contributed by atoms with Gasteiger partial charge in [-0.3, -0.25) is 9.58 Å².